The molecule has 9 nitrogen and oxygen atoms in total. The van der Waals surface area contributed by atoms with Crippen molar-refractivity contribution in [2.75, 3.05) is 5.73 Å². The predicted molar refractivity (Wildman–Crippen MR) is 119 cm³/mol. The molecule has 0 radical (unpaired) electrons. The molecule has 4 N–H and O–H groups in total. The van der Waals surface area contributed by atoms with Crippen molar-refractivity contribution in [1.82, 2.24) is 24.6 Å². The zero-order valence-electron chi connectivity index (χ0n) is 17.4. The molecule has 0 fully saturated rings. The highest BCUT2D eigenvalue weighted by Crippen LogP contribution is 2.35. The van der Waals surface area contributed by atoms with Crippen LogP contribution in [0.1, 0.15) is 23.5 Å². The van der Waals surface area contributed by atoms with E-state index in [1.54, 1.807) is 12.1 Å². The van der Waals surface area contributed by atoms with Crippen LogP contribution < -0.4 is 11.5 Å². The number of anilines is 1. The summed E-state index contributed by atoms with van der Waals surface area (Å²) in [6.45, 7) is 0. The predicted octanol–water partition coefficient (Wildman–Crippen LogP) is 3.50. The van der Waals surface area contributed by atoms with Gasteiger partial charge in [0.15, 0.2) is 11.6 Å². The average molecular weight is 463 g/mol. The van der Waals surface area contributed by atoms with Gasteiger partial charge in [-0.2, -0.15) is 10.4 Å². The number of para-hydroxylation sites is 1. The second-order valence-corrected chi connectivity index (χ2v) is 6.97. The number of alkyl halides is 2. The van der Waals surface area contributed by atoms with E-state index >= 15 is 0 Å². The fourth-order valence-electron chi connectivity index (χ4n) is 3.37. The number of hydrogen-bond donors (Lipinski definition) is 2. The molecule has 0 amide bonds. The molecule has 4 rings (SSSR count). The van der Waals surface area contributed by atoms with Gasteiger partial charge < -0.3 is 11.5 Å². The number of benzene rings is 1. The van der Waals surface area contributed by atoms with Crippen molar-refractivity contribution in [3.05, 3.63) is 77.7 Å². The van der Waals surface area contributed by atoms with Gasteiger partial charge in [0.05, 0.1) is 16.9 Å². The van der Waals surface area contributed by atoms with Gasteiger partial charge >= 0.3 is 0 Å². The molecule has 34 heavy (non-hydrogen) atoms. The van der Waals surface area contributed by atoms with Crippen LogP contribution in [0, 0.1) is 17.1 Å². The molecule has 0 aliphatic heterocycles. The molecule has 3 heterocycles. The molecule has 0 atom stereocenters. The first kappa shape index (κ1) is 22.4. The molecule has 170 valence electrons. The Bertz CT molecular complexity index is 1450. The first-order valence-electron chi connectivity index (χ1n) is 9.78. The number of aliphatic imine (C=N–C) groups is 1. The van der Waals surface area contributed by atoms with E-state index in [1.165, 1.54) is 47.8 Å². The topological polar surface area (TPSA) is 144 Å². The molecule has 0 saturated heterocycles. The van der Waals surface area contributed by atoms with Crippen LogP contribution in [0.5, 0.6) is 0 Å². The fourth-order valence-corrected chi connectivity index (χ4v) is 3.37. The largest absolute Gasteiger partial charge is 0.404 e. The summed E-state index contributed by atoms with van der Waals surface area (Å²) in [5.74, 6) is -1.09. The molecule has 1 aromatic carbocycles. The zero-order chi connectivity index (χ0) is 24.2. The van der Waals surface area contributed by atoms with Crippen LogP contribution in [0.3, 0.4) is 0 Å². The number of nitrogen functional groups attached to an aromatic ring is 1. The average Bonchev–Trinajstić information content (AvgIpc) is 3.17. The maximum Gasteiger partial charge on any atom is 0.297 e. The lowest BCUT2D eigenvalue weighted by molar-refractivity contribution is 0.140. The number of rotatable bonds is 6. The summed E-state index contributed by atoms with van der Waals surface area (Å²) in [6, 6.07) is 8.08. The van der Waals surface area contributed by atoms with Gasteiger partial charge in [0.1, 0.15) is 23.7 Å². The maximum atomic E-state index is 13.9. The normalized spacial score (nSPS) is 12.0. The van der Waals surface area contributed by atoms with Gasteiger partial charge in [-0.25, -0.2) is 32.6 Å². The molecular weight excluding hydrogens is 447 g/mol. The SMILES string of the molecule is N#Cc1c(-c2cnc(C(F)F)nc2)c2c(N)ncnn2c1CC(C=Nc1ccccc1F)=CN. The fraction of sp³-hybridized carbons (Fsp3) is 0.0909. The zero-order valence-corrected chi connectivity index (χ0v) is 17.4. The van der Waals surface area contributed by atoms with Crippen molar-refractivity contribution in [2.45, 2.75) is 12.8 Å². The van der Waals surface area contributed by atoms with Gasteiger partial charge in [0.2, 0.25) is 0 Å². The third kappa shape index (κ3) is 4.14. The van der Waals surface area contributed by atoms with E-state index < -0.39 is 18.1 Å². The highest BCUT2D eigenvalue weighted by atomic mass is 19.3. The van der Waals surface area contributed by atoms with Crippen LogP contribution in [-0.2, 0) is 6.42 Å². The molecule has 3 aromatic heterocycles. The summed E-state index contributed by atoms with van der Waals surface area (Å²) in [5.41, 5.74) is 13.8. The second-order valence-electron chi connectivity index (χ2n) is 6.97. The Morgan fingerprint density at radius 1 is 1.21 bits per heavy atom. The number of nitrogens with two attached hydrogens (primary N) is 2. The van der Waals surface area contributed by atoms with Crippen LogP contribution in [-0.4, -0.2) is 30.8 Å². The second kappa shape index (κ2) is 9.37. The van der Waals surface area contributed by atoms with Crippen LogP contribution >= 0.6 is 0 Å². The van der Waals surface area contributed by atoms with E-state index in [0.717, 1.165) is 0 Å². The Hall–Kier alpha value is -4.79. The monoisotopic (exact) mass is 463 g/mol. The van der Waals surface area contributed by atoms with Gasteiger partial charge in [-0.05, 0) is 23.9 Å². The summed E-state index contributed by atoms with van der Waals surface area (Å²) in [4.78, 5) is 15.5. The third-order valence-corrected chi connectivity index (χ3v) is 4.92. The minimum Gasteiger partial charge on any atom is -0.404 e. The molecule has 0 aliphatic carbocycles. The van der Waals surface area contributed by atoms with Crippen molar-refractivity contribution in [3.63, 3.8) is 0 Å². The van der Waals surface area contributed by atoms with Gasteiger partial charge in [-0.15, -0.1) is 0 Å². The van der Waals surface area contributed by atoms with Crippen LogP contribution in [0.25, 0.3) is 16.6 Å². The van der Waals surface area contributed by atoms with Crippen molar-refractivity contribution in [2.24, 2.45) is 10.7 Å². The van der Waals surface area contributed by atoms with Crippen LogP contribution in [0.15, 0.2) is 59.8 Å². The molecule has 0 saturated carbocycles. The standard InChI is InChI=1S/C22H16F3N9/c23-15-3-1-2-4-16(15)29-8-12(6-26)5-17-14(7-27)18(19-21(28)32-11-33-34(17)19)13-9-30-22(20(24)25)31-10-13/h1-4,6,8-11,20H,5,26H2,(H2,28,32,33). The van der Waals surface area contributed by atoms with E-state index in [-0.39, 0.29) is 34.6 Å². The number of nitrogens with zero attached hydrogens (tertiary/aromatic N) is 7. The van der Waals surface area contributed by atoms with Gasteiger partial charge in [0.25, 0.3) is 6.43 Å². The Balaban J connectivity index is 1.83. The Labute approximate surface area is 190 Å². The maximum absolute atomic E-state index is 13.9. The Morgan fingerprint density at radius 3 is 2.59 bits per heavy atom. The van der Waals surface area contributed by atoms with Crippen LogP contribution in [0.4, 0.5) is 24.7 Å². The first-order valence-corrected chi connectivity index (χ1v) is 9.78. The Kier molecular flexibility index (Phi) is 6.18. The van der Waals surface area contributed by atoms with E-state index in [9.17, 15) is 18.4 Å². The number of allylic oxidation sites excluding steroid dienone is 1. The minimum atomic E-state index is -2.84. The van der Waals surface area contributed by atoms with Crippen LogP contribution in [0.2, 0.25) is 0 Å². The summed E-state index contributed by atoms with van der Waals surface area (Å²) < 4.78 is 41.1. The molecule has 0 spiro atoms. The number of hydrogen-bond acceptors (Lipinski definition) is 8. The van der Waals surface area contributed by atoms with E-state index in [0.29, 0.717) is 16.8 Å². The van der Waals surface area contributed by atoms with E-state index in [1.807, 2.05) is 0 Å². The number of halogens is 3. The molecule has 0 bridgehead atoms. The first-order chi connectivity index (χ1) is 16.4. The quantitative estimate of drug-likeness (QED) is 0.416. The highest BCUT2D eigenvalue weighted by Gasteiger charge is 2.24. The van der Waals surface area contributed by atoms with Crippen molar-refractivity contribution in [1.29, 1.82) is 5.26 Å². The lowest BCUT2D eigenvalue weighted by Crippen LogP contribution is -2.05. The number of aromatic nitrogens is 5. The van der Waals surface area contributed by atoms with Crippen molar-refractivity contribution in [3.8, 4) is 17.2 Å². The molecular formula is C22H16F3N9. The summed E-state index contributed by atoms with van der Waals surface area (Å²) >= 11 is 0. The lowest BCUT2D eigenvalue weighted by atomic mass is 10.0. The minimum absolute atomic E-state index is 0.0592. The summed E-state index contributed by atoms with van der Waals surface area (Å²) in [7, 11) is 0. The van der Waals surface area contributed by atoms with E-state index in [4.69, 9.17) is 11.5 Å². The summed E-state index contributed by atoms with van der Waals surface area (Å²) in [6.07, 6.45) is 3.46. The third-order valence-electron chi connectivity index (χ3n) is 4.92. The Morgan fingerprint density at radius 2 is 1.94 bits per heavy atom. The van der Waals surface area contributed by atoms with E-state index in [2.05, 4.69) is 31.1 Å². The number of fused-ring (bicyclic) bond motifs is 1. The molecule has 12 heteroatoms. The van der Waals surface area contributed by atoms with Gasteiger partial charge in [-0.1, -0.05) is 12.1 Å². The van der Waals surface area contributed by atoms with Crippen molar-refractivity contribution < 1.29 is 13.2 Å². The number of nitriles is 1. The highest BCUT2D eigenvalue weighted by molar-refractivity contribution is 5.93. The van der Waals surface area contributed by atoms with Crippen molar-refractivity contribution >= 4 is 23.2 Å². The molecule has 0 unspecified atom stereocenters. The summed E-state index contributed by atoms with van der Waals surface area (Å²) in [5, 5.41) is 14.2. The molecule has 4 aromatic rings. The van der Waals surface area contributed by atoms with Gasteiger partial charge in [0, 0.05) is 36.2 Å². The molecule has 0 aliphatic rings. The lowest BCUT2D eigenvalue weighted by Gasteiger charge is -2.04. The van der Waals surface area contributed by atoms with Gasteiger partial charge in [-0.3, -0.25) is 4.99 Å². The smallest absolute Gasteiger partial charge is 0.297 e.